The van der Waals surface area contributed by atoms with Gasteiger partial charge >= 0.3 is 0 Å². The number of ether oxygens (including phenoxy) is 2. The lowest BCUT2D eigenvalue weighted by atomic mass is 10.1. The first-order valence-electron chi connectivity index (χ1n) is 7.05. The molecule has 0 fully saturated rings. The van der Waals surface area contributed by atoms with E-state index in [1.807, 2.05) is 31.2 Å². The molecule has 0 aliphatic rings. The molecule has 23 heavy (non-hydrogen) atoms. The Bertz CT molecular complexity index is 692. The zero-order valence-corrected chi connectivity index (χ0v) is 15.4. The largest absolute Gasteiger partial charge is 0.493 e. The van der Waals surface area contributed by atoms with Crippen LogP contribution < -0.4 is 14.8 Å². The number of halogens is 3. The van der Waals surface area contributed by atoms with Crippen LogP contribution in [-0.2, 0) is 6.54 Å². The molecule has 1 unspecified atom stereocenters. The van der Waals surface area contributed by atoms with Crippen LogP contribution in [0.3, 0.4) is 0 Å². The van der Waals surface area contributed by atoms with Gasteiger partial charge in [0.2, 0.25) is 0 Å². The summed E-state index contributed by atoms with van der Waals surface area (Å²) in [5.74, 6) is 1.41. The monoisotopic (exact) mass is 373 g/mol. The zero-order chi connectivity index (χ0) is 17.0. The summed E-state index contributed by atoms with van der Waals surface area (Å²) in [5.41, 5.74) is 1.98. The summed E-state index contributed by atoms with van der Waals surface area (Å²) in [6.45, 7) is 2.67. The van der Waals surface area contributed by atoms with Crippen molar-refractivity contribution in [3.63, 3.8) is 0 Å². The molecular weight excluding hydrogens is 357 g/mol. The number of nitrogens with one attached hydrogen (secondary N) is 1. The molecule has 124 valence electrons. The van der Waals surface area contributed by atoms with Crippen molar-refractivity contribution in [2.24, 2.45) is 0 Å². The third kappa shape index (κ3) is 4.24. The molecule has 0 saturated carbocycles. The van der Waals surface area contributed by atoms with Crippen molar-refractivity contribution in [2.75, 3.05) is 14.2 Å². The first-order valence-corrected chi connectivity index (χ1v) is 8.19. The van der Waals surface area contributed by atoms with Crippen LogP contribution in [0.4, 0.5) is 0 Å². The summed E-state index contributed by atoms with van der Waals surface area (Å²) in [7, 11) is 3.23. The Morgan fingerprint density at radius 3 is 2.30 bits per heavy atom. The van der Waals surface area contributed by atoms with E-state index in [0.717, 1.165) is 11.1 Å². The molecule has 0 aliphatic heterocycles. The molecule has 0 heterocycles. The standard InChI is InChI=1S/C17H18Cl3NO2/c1-10(12-5-6-13(18)17(20)16(12)19)21-9-11-4-7-14(22-2)15(8-11)23-3/h4-8,10,21H,9H2,1-3H3. The van der Waals surface area contributed by atoms with Crippen LogP contribution in [0, 0.1) is 0 Å². The van der Waals surface area contributed by atoms with E-state index in [0.29, 0.717) is 33.1 Å². The molecule has 3 nitrogen and oxygen atoms in total. The van der Waals surface area contributed by atoms with E-state index in [1.165, 1.54) is 0 Å². The zero-order valence-electron chi connectivity index (χ0n) is 13.1. The number of benzene rings is 2. The molecule has 0 aliphatic carbocycles. The second kappa shape index (κ2) is 8.11. The van der Waals surface area contributed by atoms with Crippen molar-refractivity contribution in [3.8, 4) is 11.5 Å². The molecule has 2 aromatic rings. The van der Waals surface area contributed by atoms with Crippen LogP contribution in [0.15, 0.2) is 30.3 Å². The van der Waals surface area contributed by atoms with Crippen molar-refractivity contribution in [2.45, 2.75) is 19.5 Å². The number of methoxy groups -OCH3 is 2. The first-order chi connectivity index (χ1) is 11.0. The van der Waals surface area contributed by atoms with E-state index >= 15 is 0 Å². The Labute approximate surface area is 151 Å². The minimum atomic E-state index is 0.0189. The Kier molecular flexibility index (Phi) is 6.42. The minimum absolute atomic E-state index is 0.0189. The lowest BCUT2D eigenvalue weighted by molar-refractivity contribution is 0.354. The maximum atomic E-state index is 6.27. The molecule has 0 spiro atoms. The Balaban J connectivity index is 2.10. The van der Waals surface area contributed by atoms with Crippen molar-refractivity contribution in [1.82, 2.24) is 5.32 Å². The van der Waals surface area contributed by atoms with Crippen LogP contribution in [0.5, 0.6) is 11.5 Å². The highest BCUT2D eigenvalue weighted by Crippen LogP contribution is 2.35. The van der Waals surface area contributed by atoms with E-state index < -0.39 is 0 Å². The first kappa shape index (κ1) is 18.2. The second-order valence-corrected chi connectivity index (χ2v) is 6.22. The Morgan fingerprint density at radius 2 is 1.65 bits per heavy atom. The van der Waals surface area contributed by atoms with Gasteiger partial charge in [0.1, 0.15) is 0 Å². The summed E-state index contributed by atoms with van der Waals surface area (Å²) in [6.07, 6.45) is 0. The molecular formula is C17H18Cl3NO2. The lowest BCUT2D eigenvalue weighted by Gasteiger charge is -2.17. The van der Waals surface area contributed by atoms with E-state index in [4.69, 9.17) is 44.3 Å². The van der Waals surface area contributed by atoms with Gasteiger partial charge in [-0.25, -0.2) is 0 Å². The van der Waals surface area contributed by atoms with Crippen LogP contribution in [0.25, 0.3) is 0 Å². The van der Waals surface area contributed by atoms with Gasteiger partial charge in [-0.3, -0.25) is 0 Å². The van der Waals surface area contributed by atoms with Gasteiger partial charge in [-0.2, -0.15) is 0 Å². The normalized spacial score (nSPS) is 12.1. The highest BCUT2D eigenvalue weighted by molar-refractivity contribution is 6.48. The SMILES string of the molecule is COc1ccc(CNC(C)c2ccc(Cl)c(Cl)c2Cl)cc1OC. The van der Waals surface area contributed by atoms with Gasteiger partial charge in [-0.15, -0.1) is 0 Å². The van der Waals surface area contributed by atoms with Crippen LogP contribution in [0.1, 0.15) is 24.1 Å². The van der Waals surface area contributed by atoms with E-state index in [2.05, 4.69) is 5.32 Å². The van der Waals surface area contributed by atoms with Gasteiger partial charge in [0.15, 0.2) is 11.5 Å². The van der Waals surface area contributed by atoms with Gasteiger partial charge in [-0.1, -0.05) is 46.9 Å². The predicted octanol–water partition coefficient (Wildman–Crippen LogP) is 5.51. The maximum Gasteiger partial charge on any atom is 0.161 e. The van der Waals surface area contributed by atoms with Gasteiger partial charge in [0.05, 0.1) is 29.3 Å². The molecule has 1 atom stereocenters. The molecule has 2 rings (SSSR count). The molecule has 0 bridgehead atoms. The van der Waals surface area contributed by atoms with Crippen molar-refractivity contribution in [3.05, 3.63) is 56.5 Å². The van der Waals surface area contributed by atoms with Crippen molar-refractivity contribution >= 4 is 34.8 Å². The molecule has 0 aromatic heterocycles. The molecule has 0 saturated heterocycles. The smallest absolute Gasteiger partial charge is 0.161 e. The van der Waals surface area contributed by atoms with Gasteiger partial charge in [0, 0.05) is 12.6 Å². The fourth-order valence-electron chi connectivity index (χ4n) is 2.25. The van der Waals surface area contributed by atoms with E-state index in [-0.39, 0.29) is 6.04 Å². The third-order valence-electron chi connectivity index (χ3n) is 3.59. The number of rotatable bonds is 6. The minimum Gasteiger partial charge on any atom is -0.493 e. The summed E-state index contributed by atoms with van der Waals surface area (Å²) in [6, 6.07) is 9.45. The van der Waals surface area contributed by atoms with Gasteiger partial charge in [0.25, 0.3) is 0 Å². The summed E-state index contributed by atoms with van der Waals surface area (Å²) in [4.78, 5) is 0. The number of hydrogen-bond acceptors (Lipinski definition) is 3. The van der Waals surface area contributed by atoms with Crippen LogP contribution >= 0.6 is 34.8 Å². The molecule has 1 N–H and O–H groups in total. The predicted molar refractivity (Wildman–Crippen MR) is 96.3 cm³/mol. The fraction of sp³-hybridized carbons (Fsp3) is 0.294. The van der Waals surface area contributed by atoms with Crippen LogP contribution in [-0.4, -0.2) is 14.2 Å². The molecule has 0 radical (unpaired) electrons. The lowest BCUT2D eigenvalue weighted by Crippen LogP contribution is -2.18. The molecule has 0 amide bonds. The average Bonchev–Trinajstić information content (AvgIpc) is 2.57. The van der Waals surface area contributed by atoms with Gasteiger partial charge < -0.3 is 14.8 Å². The highest BCUT2D eigenvalue weighted by atomic mass is 35.5. The Hall–Kier alpha value is -1.13. The molecule has 2 aromatic carbocycles. The summed E-state index contributed by atoms with van der Waals surface area (Å²) < 4.78 is 10.5. The highest BCUT2D eigenvalue weighted by Gasteiger charge is 2.14. The average molecular weight is 375 g/mol. The van der Waals surface area contributed by atoms with Crippen molar-refractivity contribution < 1.29 is 9.47 Å². The number of hydrogen-bond donors (Lipinski definition) is 1. The summed E-state index contributed by atoms with van der Waals surface area (Å²) >= 11 is 18.3. The Morgan fingerprint density at radius 1 is 0.957 bits per heavy atom. The molecule has 6 heteroatoms. The topological polar surface area (TPSA) is 30.5 Å². The fourth-order valence-corrected chi connectivity index (χ4v) is 2.95. The van der Waals surface area contributed by atoms with E-state index in [9.17, 15) is 0 Å². The second-order valence-electron chi connectivity index (χ2n) is 5.06. The van der Waals surface area contributed by atoms with Crippen molar-refractivity contribution in [1.29, 1.82) is 0 Å². The maximum absolute atomic E-state index is 6.27. The van der Waals surface area contributed by atoms with E-state index in [1.54, 1.807) is 20.3 Å². The third-order valence-corrected chi connectivity index (χ3v) is 4.90. The van der Waals surface area contributed by atoms with Crippen LogP contribution in [0.2, 0.25) is 15.1 Å². The van der Waals surface area contributed by atoms with Gasteiger partial charge in [-0.05, 0) is 36.2 Å². The summed E-state index contributed by atoms with van der Waals surface area (Å²) in [5, 5.41) is 4.72. The quantitative estimate of drug-likeness (QED) is 0.676.